The van der Waals surface area contributed by atoms with E-state index < -0.39 is 0 Å². The fourth-order valence-corrected chi connectivity index (χ4v) is 3.10. The smallest absolute Gasteiger partial charge is 0.255 e. The van der Waals surface area contributed by atoms with Crippen molar-refractivity contribution in [1.82, 2.24) is 10.2 Å². The molecule has 2 saturated heterocycles. The zero-order chi connectivity index (χ0) is 15.0. The molecule has 6 heteroatoms. The maximum absolute atomic E-state index is 12.1. The number of hydrogen-bond donors (Lipinski definition) is 1. The van der Waals surface area contributed by atoms with Crippen molar-refractivity contribution in [1.29, 1.82) is 0 Å². The standard InChI is InChI=1S/C15H20N4OS/c1-11-14(20)19(15(21)16-11)13-5-3-12(4-6-13)18-9-7-17(2)8-10-18/h3-6,11H,7-10H2,1-2H3,(H,16,21). The summed E-state index contributed by atoms with van der Waals surface area (Å²) in [7, 11) is 2.15. The van der Waals surface area contributed by atoms with Crippen molar-refractivity contribution in [3.05, 3.63) is 24.3 Å². The van der Waals surface area contributed by atoms with E-state index in [1.165, 1.54) is 5.69 Å². The molecule has 0 aliphatic carbocycles. The summed E-state index contributed by atoms with van der Waals surface area (Å²) in [5.41, 5.74) is 2.03. The molecule has 5 nitrogen and oxygen atoms in total. The predicted molar refractivity (Wildman–Crippen MR) is 88.8 cm³/mol. The number of benzene rings is 1. The second-order valence-corrected chi connectivity index (χ2v) is 6.04. The van der Waals surface area contributed by atoms with Crippen LogP contribution in [0.3, 0.4) is 0 Å². The quantitative estimate of drug-likeness (QED) is 0.827. The summed E-state index contributed by atoms with van der Waals surface area (Å²) in [4.78, 5) is 18.4. The number of nitrogens with one attached hydrogen (secondary N) is 1. The van der Waals surface area contributed by atoms with E-state index >= 15 is 0 Å². The van der Waals surface area contributed by atoms with Crippen molar-refractivity contribution in [3.63, 3.8) is 0 Å². The van der Waals surface area contributed by atoms with Gasteiger partial charge in [0.1, 0.15) is 6.04 Å². The van der Waals surface area contributed by atoms with Crippen molar-refractivity contribution in [3.8, 4) is 0 Å². The molecule has 2 heterocycles. The normalized spacial score (nSPS) is 23.6. The van der Waals surface area contributed by atoms with Crippen LogP contribution in [0.2, 0.25) is 0 Å². The van der Waals surface area contributed by atoms with Crippen LogP contribution in [0.15, 0.2) is 24.3 Å². The molecule has 112 valence electrons. The Kier molecular flexibility index (Phi) is 3.82. The number of anilines is 2. The molecule has 1 amide bonds. The third-order valence-electron chi connectivity index (χ3n) is 4.11. The van der Waals surface area contributed by atoms with E-state index in [-0.39, 0.29) is 11.9 Å². The van der Waals surface area contributed by atoms with Crippen LogP contribution in [-0.4, -0.2) is 55.2 Å². The first-order chi connectivity index (χ1) is 10.1. The number of hydrogen-bond acceptors (Lipinski definition) is 4. The molecule has 0 aromatic heterocycles. The molecular formula is C15H20N4OS. The molecule has 1 atom stereocenters. The van der Waals surface area contributed by atoms with Crippen molar-refractivity contribution in [2.75, 3.05) is 43.0 Å². The van der Waals surface area contributed by atoms with Crippen molar-refractivity contribution in [2.24, 2.45) is 0 Å². The molecular weight excluding hydrogens is 284 g/mol. The summed E-state index contributed by atoms with van der Waals surface area (Å²) >= 11 is 5.23. The second-order valence-electron chi connectivity index (χ2n) is 5.65. The van der Waals surface area contributed by atoms with Crippen LogP contribution >= 0.6 is 12.2 Å². The van der Waals surface area contributed by atoms with Gasteiger partial charge >= 0.3 is 0 Å². The molecule has 0 saturated carbocycles. The van der Waals surface area contributed by atoms with E-state index in [0.29, 0.717) is 5.11 Å². The van der Waals surface area contributed by atoms with Crippen LogP contribution < -0.4 is 15.1 Å². The highest BCUT2D eigenvalue weighted by Gasteiger charge is 2.33. The van der Waals surface area contributed by atoms with Gasteiger partial charge in [-0.25, -0.2) is 0 Å². The van der Waals surface area contributed by atoms with Crippen LogP contribution in [0.5, 0.6) is 0 Å². The average Bonchev–Trinajstić information content (AvgIpc) is 2.73. The highest BCUT2D eigenvalue weighted by Crippen LogP contribution is 2.24. The van der Waals surface area contributed by atoms with Gasteiger partial charge in [-0.3, -0.25) is 9.69 Å². The van der Waals surface area contributed by atoms with Gasteiger partial charge in [0, 0.05) is 31.9 Å². The first-order valence-corrected chi connectivity index (χ1v) is 7.65. The third kappa shape index (κ3) is 2.73. The number of amides is 1. The Morgan fingerprint density at radius 3 is 2.19 bits per heavy atom. The maximum Gasteiger partial charge on any atom is 0.255 e. The zero-order valence-electron chi connectivity index (χ0n) is 12.4. The number of carbonyl (C=O) groups is 1. The summed E-state index contributed by atoms with van der Waals surface area (Å²) < 4.78 is 0. The first-order valence-electron chi connectivity index (χ1n) is 7.24. The van der Waals surface area contributed by atoms with Gasteiger partial charge in [0.15, 0.2) is 5.11 Å². The Hall–Kier alpha value is -1.66. The maximum atomic E-state index is 12.1. The Bertz CT molecular complexity index is 551. The minimum Gasteiger partial charge on any atom is -0.369 e. The molecule has 2 aliphatic rings. The number of thiocarbonyl (C=S) groups is 1. The lowest BCUT2D eigenvalue weighted by atomic mass is 10.2. The van der Waals surface area contributed by atoms with Crippen LogP contribution in [0, 0.1) is 0 Å². The molecule has 3 rings (SSSR count). The largest absolute Gasteiger partial charge is 0.369 e. The summed E-state index contributed by atoms with van der Waals surface area (Å²) in [6, 6.07) is 7.84. The topological polar surface area (TPSA) is 38.8 Å². The molecule has 0 radical (unpaired) electrons. The van der Waals surface area contributed by atoms with E-state index in [1.807, 2.05) is 19.1 Å². The van der Waals surface area contributed by atoms with Crippen LogP contribution in [0.25, 0.3) is 0 Å². The van der Waals surface area contributed by atoms with Crippen molar-refractivity contribution in [2.45, 2.75) is 13.0 Å². The first kappa shape index (κ1) is 14.3. The molecule has 0 bridgehead atoms. The fraction of sp³-hybridized carbons (Fsp3) is 0.467. The average molecular weight is 304 g/mol. The molecule has 2 aliphatic heterocycles. The van der Waals surface area contributed by atoms with Gasteiger partial charge in [0.05, 0.1) is 5.69 Å². The van der Waals surface area contributed by atoms with Crippen LogP contribution in [0.4, 0.5) is 11.4 Å². The van der Waals surface area contributed by atoms with E-state index in [2.05, 4.69) is 34.3 Å². The predicted octanol–water partition coefficient (Wildman–Crippen LogP) is 1.05. The molecule has 1 N–H and O–H groups in total. The van der Waals surface area contributed by atoms with Crippen LogP contribution in [-0.2, 0) is 4.79 Å². The van der Waals surface area contributed by atoms with Gasteiger partial charge in [0.2, 0.25) is 0 Å². The number of likely N-dealkylation sites (N-methyl/N-ethyl adjacent to an activating group) is 1. The number of piperazine rings is 1. The minimum absolute atomic E-state index is 0.00680. The van der Waals surface area contributed by atoms with E-state index in [9.17, 15) is 4.79 Å². The van der Waals surface area contributed by atoms with E-state index in [1.54, 1.807) is 4.90 Å². The van der Waals surface area contributed by atoms with Crippen LogP contribution in [0.1, 0.15) is 6.92 Å². The molecule has 1 aromatic rings. The monoisotopic (exact) mass is 304 g/mol. The fourth-order valence-electron chi connectivity index (χ4n) is 2.73. The van der Waals surface area contributed by atoms with Gasteiger partial charge in [-0.15, -0.1) is 0 Å². The summed E-state index contributed by atoms with van der Waals surface area (Å²) in [6.45, 7) is 6.06. The summed E-state index contributed by atoms with van der Waals surface area (Å²) in [5.74, 6) is 0.00680. The van der Waals surface area contributed by atoms with Gasteiger partial charge in [-0.05, 0) is 50.5 Å². The SMILES string of the molecule is CC1NC(=S)N(c2ccc(N3CCN(C)CC3)cc2)C1=O. The van der Waals surface area contributed by atoms with Gasteiger partial charge in [-0.1, -0.05) is 0 Å². The zero-order valence-corrected chi connectivity index (χ0v) is 13.2. The van der Waals surface area contributed by atoms with Gasteiger partial charge < -0.3 is 15.1 Å². The minimum atomic E-state index is -0.241. The second kappa shape index (κ2) is 5.61. The Balaban J connectivity index is 1.75. The molecule has 1 aromatic carbocycles. The lowest BCUT2D eigenvalue weighted by Gasteiger charge is -2.34. The summed E-state index contributed by atoms with van der Waals surface area (Å²) in [5, 5.41) is 3.48. The Labute approximate surface area is 130 Å². The Morgan fingerprint density at radius 1 is 1.10 bits per heavy atom. The molecule has 0 spiro atoms. The Morgan fingerprint density at radius 2 is 1.67 bits per heavy atom. The highest BCUT2D eigenvalue weighted by molar-refractivity contribution is 7.80. The van der Waals surface area contributed by atoms with E-state index in [0.717, 1.165) is 31.9 Å². The summed E-state index contributed by atoms with van der Waals surface area (Å²) in [6.07, 6.45) is 0. The molecule has 2 fully saturated rings. The van der Waals surface area contributed by atoms with Gasteiger partial charge in [0.25, 0.3) is 5.91 Å². The highest BCUT2D eigenvalue weighted by atomic mass is 32.1. The number of nitrogens with zero attached hydrogens (tertiary/aromatic N) is 3. The molecule has 1 unspecified atom stereocenters. The lowest BCUT2D eigenvalue weighted by molar-refractivity contribution is -0.117. The van der Waals surface area contributed by atoms with E-state index in [4.69, 9.17) is 12.2 Å². The van der Waals surface area contributed by atoms with Crippen molar-refractivity contribution >= 4 is 34.6 Å². The number of carbonyl (C=O) groups excluding carboxylic acids is 1. The molecule has 21 heavy (non-hydrogen) atoms. The van der Waals surface area contributed by atoms with Crippen molar-refractivity contribution < 1.29 is 4.79 Å². The number of rotatable bonds is 2. The van der Waals surface area contributed by atoms with Gasteiger partial charge in [-0.2, -0.15) is 0 Å². The lowest BCUT2D eigenvalue weighted by Crippen LogP contribution is -2.44. The third-order valence-corrected chi connectivity index (χ3v) is 4.41.